The molecule has 4 rings (SSSR count). The van der Waals surface area contributed by atoms with Gasteiger partial charge in [0, 0.05) is 10.6 Å². The van der Waals surface area contributed by atoms with E-state index in [0.717, 1.165) is 40.1 Å². The van der Waals surface area contributed by atoms with Gasteiger partial charge in [-0.25, -0.2) is 4.98 Å². The quantitative estimate of drug-likeness (QED) is 0.541. The molecule has 1 atom stereocenters. The molecular formula is C15H18N4S2. The number of aryl methyl sites for hydroxylation is 1. The molecule has 3 aromatic rings. The third kappa shape index (κ3) is 2.16. The zero-order chi connectivity index (χ0) is 14.4. The molecule has 1 aliphatic rings. The smallest absolute Gasteiger partial charge is 0.176 e. The van der Waals surface area contributed by atoms with Gasteiger partial charge < -0.3 is 0 Å². The van der Waals surface area contributed by atoms with Gasteiger partial charge in [-0.3, -0.25) is 4.40 Å². The number of hydrogen-bond donors (Lipinski definition) is 0. The Kier molecular flexibility index (Phi) is 3.38. The number of nitrogens with zero attached hydrogens (tertiary/aromatic N) is 4. The highest BCUT2D eigenvalue weighted by atomic mass is 32.2. The number of rotatable bonds is 3. The third-order valence-corrected chi connectivity index (χ3v) is 6.41. The van der Waals surface area contributed by atoms with Crippen molar-refractivity contribution in [3.63, 3.8) is 0 Å². The van der Waals surface area contributed by atoms with E-state index in [1.54, 1.807) is 18.1 Å². The predicted molar refractivity (Wildman–Crippen MR) is 88.4 cm³/mol. The minimum Gasteiger partial charge on any atom is -0.259 e. The fraction of sp³-hybridized carbons (Fsp3) is 0.533. The Labute approximate surface area is 132 Å². The van der Waals surface area contributed by atoms with E-state index >= 15 is 0 Å². The van der Waals surface area contributed by atoms with Crippen molar-refractivity contribution in [2.24, 2.45) is 5.92 Å². The Morgan fingerprint density at radius 3 is 3.24 bits per heavy atom. The Hall–Kier alpha value is -1.14. The standard InChI is InChI=1S/C15H18N4S2/c1-3-6-20-15-17-14-12(13-18-16-8-19(13)15)10-5-4-9(2)7-11(10)21-14/h8-9H,3-7H2,1-2H3/t9-/m1/s1. The highest BCUT2D eigenvalue weighted by Crippen LogP contribution is 2.39. The molecule has 1 aliphatic carbocycles. The predicted octanol–water partition coefficient (Wildman–Crippen LogP) is 3.97. The van der Waals surface area contributed by atoms with Crippen LogP contribution in [0.1, 0.15) is 37.1 Å². The second kappa shape index (κ2) is 5.25. The molecule has 0 aliphatic heterocycles. The molecule has 0 aromatic carbocycles. The fourth-order valence-corrected chi connectivity index (χ4v) is 5.28. The van der Waals surface area contributed by atoms with Crippen LogP contribution in [-0.2, 0) is 12.8 Å². The first-order valence-electron chi connectivity index (χ1n) is 7.54. The first kappa shape index (κ1) is 13.5. The first-order valence-corrected chi connectivity index (χ1v) is 9.35. The van der Waals surface area contributed by atoms with Crippen molar-refractivity contribution in [2.75, 3.05) is 5.75 Å². The van der Waals surface area contributed by atoms with E-state index in [9.17, 15) is 0 Å². The number of hydrogen-bond acceptors (Lipinski definition) is 5. The lowest BCUT2D eigenvalue weighted by Crippen LogP contribution is -2.08. The van der Waals surface area contributed by atoms with Gasteiger partial charge >= 0.3 is 0 Å². The molecular weight excluding hydrogens is 300 g/mol. The van der Waals surface area contributed by atoms with Crippen LogP contribution in [0.2, 0.25) is 0 Å². The van der Waals surface area contributed by atoms with Crippen LogP contribution in [0, 0.1) is 5.92 Å². The SMILES string of the molecule is CCCSc1nc2sc3c(c2c2nncn12)CC[C@@H](C)C3. The minimum atomic E-state index is 0.786. The number of thioether (sulfide) groups is 1. The van der Waals surface area contributed by atoms with Crippen molar-refractivity contribution >= 4 is 39.0 Å². The normalized spacial score (nSPS) is 18.5. The fourth-order valence-electron chi connectivity index (χ4n) is 3.03. The van der Waals surface area contributed by atoms with Crippen molar-refractivity contribution < 1.29 is 0 Å². The summed E-state index contributed by atoms with van der Waals surface area (Å²) in [4.78, 5) is 7.57. The Bertz CT molecular complexity index is 805. The summed E-state index contributed by atoms with van der Waals surface area (Å²) in [6, 6.07) is 0. The van der Waals surface area contributed by atoms with Gasteiger partial charge in [0.25, 0.3) is 0 Å². The molecule has 0 N–H and O–H groups in total. The van der Waals surface area contributed by atoms with Gasteiger partial charge in [-0.15, -0.1) is 21.5 Å². The molecule has 110 valence electrons. The van der Waals surface area contributed by atoms with Crippen LogP contribution in [0.4, 0.5) is 0 Å². The molecule has 0 unspecified atom stereocenters. The van der Waals surface area contributed by atoms with Gasteiger partial charge in [0.15, 0.2) is 10.8 Å². The average molecular weight is 318 g/mol. The number of fused-ring (bicyclic) bond motifs is 5. The summed E-state index contributed by atoms with van der Waals surface area (Å²) in [5.74, 6) is 1.86. The lowest BCUT2D eigenvalue weighted by molar-refractivity contribution is 0.509. The zero-order valence-corrected chi connectivity index (χ0v) is 13.9. The molecule has 0 spiro atoms. The monoisotopic (exact) mass is 318 g/mol. The summed E-state index contributed by atoms with van der Waals surface area (Å²) in [6.45, 7) is 4.54. The number of thiophene rings is 1. The zero-order valence-electron chi connectivity index (χ0n) is 12.3. The van der Waals surface area contributed by atoms with E-state index in [1.165, 1.54) is 28.7 Å². The van der Waals surface area contributed by atoms with Crippen LogP contribution in [0.15, 0.2) is 11.5 Å². The summed E-state index contributed by atoms with van der Waals surface area (Å²) in [7, 11) is 0. The molecule has 3 aromatic heterocycles. The summed E-state index contributed by atoms with van der Waals surface area (Å²) in [5, 5.41) is 10.8. The molecule has 0 saturated heterocycles. The highest BCUT2D eigenvalue weighted by Gasteiger charge is 2.24. The minimum absolute atomic E-state index is 0.786. The lowest BCUT2D eigenvalue weighted by Gasteiger charge is -2.17. The van der Waals surface area contributed by atoms with Crippen molar-refractivity contribution in [2.45, 2.75) is 44.7 Å². The van der Waals surface area contributed by atoms with E-state index in [2.05, 4.69) is 28.4 Å². The molecule has 0 fully saturated rings. The van der Waals surface area contributed by atoms with Crippen molar-refractivity contribution in [3.8, 4) is 0 Å². The Morgan fingerprint density at radius 2 is 2.38 bits per heavy atom. The highest BCUT2D eigenvalue weighted by molar-refractivity contribution is 7.99. The Morgan fingerprint density at radius 1 is 1.48 bits per heavy atom. The molecule has 6 heteroatoms. The molecule has 4 nitrogen and oxygen atoms in total. The maximum atomic E-state index is 4.91. The van der Waals surface area contributed by atoms with Gasteiger partial charge in [0.2, 0.25) is 0 Å². The van der Waals surface area contributed by atoms with Gasteiger partial charge in [0.05, 0.1) is 5.39 Å². The largest absolute Gasteiger partial charge is 0.259 e. The molecule has 21 heavy (non-hydrogen) atoms. The summed E-state index contributed by atoms with van der Waals surface area (Å²) in [6.07, 6.45) is 6.56. The van der Waals surface area contributed by atoms with Crippen LogP contribution in [0.25, 0.3) is 15.9 Å². The average Bonchev–Trinajstić information content (AvgIpc) is 3.07. The Balaban J connectivity index is 1.96. The molecule has 0 radical (unpaired) electrons. The van der Waals surface area contributed by atoms with Crippen LogP contribution in [0.5, 0.6) is 0 Å². The van der Waals surface area contributed by atoms with Crippen LogP contribution in [0.3, 0.4) is 0 Å². The topological polar surface area (TPSA) is 43.1 Å². The van der Waals surface area contributed by atoms with Gasteiger partial charge in [0.1, 0.15) is 11.2 Å². The van der Waals surface area contributed by atoms with Crippen molar-refractivity contribution in [3.05, 3.63) is 16.8 Å². The second-order valence-electron chi connectivity index (χ2n) is 5.80. The lowest BCUT2D eigenvalue weighted by atomic mass is 9.89. The molecule has 0 bridgehead atoms. The number of aromatic nitrogens is 4. The maximum Gasteiger partial charge on any atom is 0.176 e. The molecule has 0 saturated carbocycles. The van der Waals surface area contributed by atoms with Gasteiger partial charge in [-0.05, 0) is 37.2 Å². The first-order chi connectivity index (χ1) is 10.3. The van der Waals surface area contributed by atoms with Gasteiger partial charge in [-0.1, -0.05) is 25.6 Å². The van der Waals surface area contributed by atoms with Crippen molar-refractivity contribution in [1.82, 2.24) is 19.6 Å². The summed E-state index contributed by atoms with van der Waals surface area (Å²) >= 11 is 3.66. The summed E-state index contributed by atoms with van der Waals surface area (Å²) in [5.41, 5.74) is 2.47. The van der Waals surface area contributed by atoms with E-state index in [1.807, 2.05) is 11.3 Å². The van der Waals surface area contributed by atoms with Gasteiger partial charge in [-0.2, -0.15) is 0 Å². The van der Waals surface area contributed by atoms with E-state index in [-0.39, 0.29) is 0 Å². The van der Waals surface area contributed by atoms with E-state index in [4.69, 9.17) is 4.98 Å². The third-order valence-electron chi connectivity index (χ3n) is 4.10. The van der Waals surface area contributed by atoms with Crippen LogP contribution in [-0.4, -0.2) is 25.3 Å². The van der Waals surface area contributed by atoms with Crippen molar-refractivity contribution in [1.29, 1.82) is 0 Å². The maximum absolute atomic E-state index is 4.91. The van der Waals surface area contributed by atoms with E-state index < -0.39 is 0 Å². The second-order valence-corrected chi connectivity index (χ2v) is 7.94. The summed E-state index contributed by atoms with van der Waals surface area (Å²) < 4.78 is 2.06. The van der Waals surface area contributed by atoms with E-state index in [0.29, 0.717) is 0 Å². The molecule has 0 amide bonds. The van der Waals surface area contributed by atoms with Crippen LogP contribution < -0.4 is 0 Å². The van der Waals surface area contributed by atoms with Crippen LogP contribution >= 0.6 is 23.1 Å². The molecule has 3 heterocycles.